The molecule has 0 bridgehead atoms. The second kappa shape index (κ2) is 5.46. The van der Waals surface area contributed by atoms with Crippen LogP contribution < -0.4 is 4.90 Å². The normalized spacial score (nSPS) is 10.7. The lowest BCUT2D eigenvalue weighted by Gasteiger charge is -2.19. The molecule has 0 saturated carbocycles. The summed E-state index contributed by atoms with van der Waals surface area (Å²) >= 11 is 1.66. The van der Waals surface area contributed by atoms with E-state index in [1.54, 1.807) is 17.5 Å². The molecule has 0 aliphatic heterocycles. The van der Waals surface area contributed by atoms with Gasteiger partial charge in [-0.15, -0.1) is 11.3 Å². The fraction of sp³-hybridized carbons (Fsp3) is 0.385. The van der Waals surface area contributed by atoms with E-state index in [4.69, 9.17) is 5.11 Å². The van der Waals surface area contributed by atoms with Crippen LogP contribution in [-0.4, -0.2) is 22.1 Å². The van der Waals surface area contributed by atoms with Gasteiger partial charge in [0.05, 0.1) is 23.9 Å². The quantitative estimate of drug-likeness (QED) is 0.919. The number of aromatic nitrogens is 2. The first-order valence-corrected chi connectivity index (χ1v) is 6.66. The van der Waals surface area contributed by atoms with Crippen molar-refractivity contribution in [3.8, 4) is 0 Å². The highest BCUT2D eigenvalue weighted by Crippen LogP contribution is 2.19. The van der Waals surface area contributed by atoms with Crippen LogP contribution in [0, 0.1) is 13.8 Å². The lowest BCUT2D eigenvalue weighted by atomic mass is 10.2. The Hall–Kier alpha value is -1.46. The first-order valence-electron chi connectivity index (χ1n) is 5.78. The predicted molar refractivity (Wildman–Crippen MR) is 73.9 cm³/mol. The third-order valence-corrected chi connectivity index (χ3v) is 3.54. The van der Waals surface area contributed by atoms with Crippen molar-refractivity contribution >= 4 is 17.2 Å². The summed E-state index contributed by atoms with van der Waals surface area (Å²) in [6, 6.07) is 1.96. The molecular formula is C13H17N3OS. The minimum atomic E-state index is 0.0309. The summed E-state index contributed by atoms with van der Waals surface area (Å²) in [4.78, 5) is 10.9. The van der Waals surface area contributed by atoms with Gasteiger partial charge in [-0.1, -0.05) is 0 Å². The number of rotatable bonds is 4. The van der Waals surface area contributed by atoms with Gasteiger partial charge in [0, 0.05) is 18.6 Å². The third-order valence-electron chi connectivity index (χ3n) is 2.72. The highest BCUT2D eigenvalue weighted by Gasteiger charge is 2.09. The van der Waals surface area contributed by atoms with Crippen LogP contribution in [-0.2, 0) is 13.2 Å². The van der Waals surface area contributed by atoms with Crippen molar-refractivity contribution < 1.29 is 5.11 Å². The van der Waals surface area contributed by atoms with Crippen molar-refractivity contribution in [2.75, 3.05) is 11.9 Å². The molecule has 0 fully saturated rings. The summed E-state index contributed by atoms with van der Waals surface area (Å²) in [6.45, 7) is 4.79. The predicted octanol–water partition coefficient (Wildman–Crippen LogP) is 2.28. The molecule has 0 amide bonds. The van der Waals surface area contributed by atoms with Gasteiger partial charge in [0.25, 0.3) is 0 Å². The second-order valence-corrected chi connectivity index (χ2v) is 5.42. The summed E-state index contributed by atoms with van der Waals surface area (Å²) in [5.74, 6) is 0.929. The number of hydrogen-bond donors (Lipinski definition) is 1. The molecule has 4 nitrogen and oxygen atoms in total. The number of thiazole rings is 1. The van der Waals surface area contributed by atoms with Gasteiger partial charge in [-0.2, -0.15) is 0 Å². The van der Waals surface area contributed by atoms with Gasteiger partial charge in [-0.3, -0.25) is 0 Å². The molecule has 0 spiro atoms. The Morgan fingerprint density at radius 2 is 2.17 bits per heavy atom. The summed E-state index contributed by atoms with van der Waals surface area (Å²) in [5, 5.41) is 12.2. The van der Waals surface area contributed by atoms with Crippen LogP contribution in [0.15, 0.2) is 17.6 Å². The monoisotopic (exact) mass is 263 g/mol. The molecular weight excluding hydrogens is 246 g/mol. The number of aryl methyl sites for hydroxylation is 2. The number of nitrogens with zero attached hydrogens (tertiary/aromatic N) is 3. The second-order valence-electron chi connectivity index (χ2n) is 4.36. The summed E-state index contributed by atoms with van der Waals surface area (Å²) in [7, 11) is 2.00. The van der Waals surface area contributed by atoms with E-state index in [0.717, 1.165) is 34.2 Å². The highest BCUT2D eigenvalue weighted by atomic mass is 32.1. The molecule has 0 aliphatic rings. The average Bonchev–Trinajstić information content (AvgIpc) is 2.74. The lowest BCUT2D eigenvalue weighted by Crippen LogP contribution is -2.19. The first-order chi connectivity index (χ1) is 8.60. The zero-order valence-corrected chi connectivity index (χ0v) is 11.7. The summed E-state index contributed by atoms with van der Waals surface area (Å²) < 4.78 is 0. The van der Waals surface area contributed by atoms with Crippen molar-refractivity contribution in [1.29, 1.82) is 0 Å². The maximum absolute atomic E-state index is 9.07. The van der Waals surface area contributed by atoms with Gasteiger partial charge in [0.1, 0.15) is 5.82 Å². The number of aliphatic hydroxyl groups is 1. The third kappa shape index (κ3) is 2.86. The topological polar surface area (TPSA) is 49.2 Å². The molecule has 2 aromatic rings. The molecule has 0 atom stereocenters. The molecule has 0 aromatic carbocycles. The Bertz CT molecular complexity index is 539. The fourth-order valence-corrected chi connectivity index (χ4v) is 2.51. The molecule has 0 unspecified atom stereocenters. The minimum absolute atomic E-state index is 0.0309. The van der Waals surface area contributed by atoms with E-state index in [2.05, 4.69) is 20.2 Å². The number of anilines is 1. The van der Waals surface area contributed by atoms with Crippen LogP contribution in [0.5, 0.6) is 0 Å². The van der Waals surface area contributed by atoms with Gasteiger partial charge in [-0.05, 0) is 31.0 Å². The van der Waals surface area contributed by atoms with Gasteiger partial charge >= 0.3 is 0 Å². The summed E-state index contributed by atoms with van der Waals surface area (Å²) in [6.07, 6.45) is 1.71. The Morgan fingerprint density at radius 1 is 1.39 bits per heavy atom. The van der Waals surface area contributed by atoms with E-state index in [1.165, 1.54) is 0 Å². The lowest BCUT2D eigenvalue weighted by molar-refractivity contribution is 0.281. The van der Waals surface area contributed by atoms with Crippen molar-refractivity contribution in [3.05, 3.63) is 39.5 Å². The number of aliphatic hydroxyl groups excluding tert-OH is 1. The van der Waals surface area contributed by atoms with E-state index in [-0.39, 0.29) is 6.61 Å². The minimum Gasteiger partial charge on any atom is -0.392 e. The molecule has 0 saturated heterocycles. The Morgan fingerprint density at radius 3 is 2.72 bits per heavy atom. The molecule has 2 aromatic heterocycles. The molecule has 5 heteroatoms. The van der Waals surface area contributed by atoms with Crippen molar-refractivity contribution in [2.45, 2.75) is 27.0 Å². The largest absolute Gasteiger partial charge is 0.392 e. The zero-order chi connectivity index (χ0) is 13.1. The van der Waals surface area contributed by atoms with Crippen LogP contribution in [0.3, 0.4) is 0 Å². The molecule has 0 aliphatic carbocycles. The van der Waals surface area contributed by atoms with E-state index in [9.17, 15) is 0 Å². The molecule has 1 N–H and O–H groups in total. The SMILES string of the molecule is Cc1nc(CN(C)c2ncc(CO)cc2C)cs1. The van der Waals surface area contributed by atoms with E-state index < -0.39 is 0 Å². The van der Waals surface area contributed by atoms with E-state index in [0.29, 0.717) is 0 Å². The summed E-state index contributed by atoms with van der Waals surface area (Å²) in [5.41, 5.74) is 2.97. The van der Waals surface area contributed by atoms with Crippen molar-refractivity contribution in [3.63, 3.8) is 0 Å². The van der Waals surface area contributed by atoms with Crippen molar-refractivity contribution in [2.24, 2.45) is 0 Å². The average molecular weight is 263 g/mol. The van der Waals surface area contributed by atoms with Crippen LogP contribution in [0.25, 0.3) is 0 Å². The van der Waals surface area contributed by atoms with E-state index >= 15 is 0 Å². The number of pyridine rings is 1. The van der Waals surface area contributed by atoms with Gasteiger partial charge in [-0.25, -0.2) is 9.97 Å². The smallest absolute Gasteiger partial charge is 0.131 e. The van der Waals surface area contributed by atoms with Crippen LogP contribution in [0.1, 0.15) is 21.8 Å². The van der Waals surface area contributed by atoms with Crippen LogP contribution in [0.4, 0.5) is 5.82 Å². The zero-order valence-electron chi connectivity index (χ0n) is 10.8. The standard InChI is InChI=1S/C13H17N3OS/c1-9-4-11(7-17)5-14-13(9)16(3)6-12-8-18-10(2)15-12/h4-5,8,17H,6-7H2,1-3H3. The Balaban J connectivity index is 2.15. The highest BCUT2D eigenvalue weighted by molar-refractivity contribution is 7.09. The fourth-order valence-electron chi connectivity index (χ4n) is 1.91. The van der Waals surface area contributed by atoms with Gasteiger partial charge < -0.3 is 10.0 Å². The number of hydrogen-bond acceptors (Lipinski definition) is 5. The van der Waals surface area contributed by atoms with Gasteiger partial charge in [0.2, 0.25) is 0 Å². The molecule has 0 radical (unpaired) electrons. The Labute approximate surface area is 111 Å². The molecule has 96 valence electrons. The molecule has 2 rings (SSSR count). The molecule has 18 heavy (non-hydrogen) atoms. The Kier molecular flexibility index (Phi) is 3.93. The van der Waals surface area contributed by atoms with Gasteiger partial charge in [0.15, 0.2) is 0 Å². The van der Waals surface area contributed by atoms with Crippen LogP contribution in [0.2, 0.25) is 0 Å². The van der Waals surface area contributed by atoms with Crippen molar-refractivity contribution in [1.82, 2.24) is 9.97 Å². The molecule has 2 heterocycles. The first kappa shape index (κ1) is 13.0. The van der Waals surface area contributed by atoms with E-state index in [1.807, 2.05) is 27.0 Å². The maximum Gasteiger partial charge on any atom is 0.131 e. The maximum atomic E-state index is 9.07. The van der Waals surface area contributed by atoms with Crippen LogP contribution >= 0.6 is 11.3 Å².